The smallest absolute Gasteiger partial charge is 0.270 e. The predicted molar refractivity (Wildman–Crippen MR) is 109 cm³/mol. The zero-order valence-corrected chi connectivity index (χ0v) is 16.9. The summed E-state index contributed by atoms with van der Waals surface area (Å²) in [6, 6.07) is 7.19. The Kier molecular flexibility index (Phi) is 5.97. The molecule has 31 heavy (non-hydrogen) atoms. The maximum absolute atomic E-state index is 14.4. The quantitative estimate of drug-likeness (QED) is 0.572. The molecule has 0 aliphatic carbocycles. The Balaban J connectivity index is 1.61. The molecule has 2 amide bonds. The van der Waals surface area contributed by atoms with Crippen molar-refractivity contribution in [2.75, 3.05) is 20.3 Å². The van der Waals surface area contributed by atoms with E-state index >= 15 is 0 Å². The minimum atomic E-state index is -0.781. The SMILES string of the molecule is CNC(=O)c1ccc(Cc2cc(C(=O)N[C@H]3CCOC[C@@H]3O)nc3ccoc23)cc1F. The maximum Gasteiger partial charge on any atom is 0.270 e. The predicted octanol–water partition coefficient (Wildman–Crippen LogP) is 1.80. The number of nitrogens with one attached hydrogen (secondary N) is 2. The number of aliphatic hydroxyl groups excluding tert-OH is 1. The lowest BCUT2D eigenvalue weighted by Crippen LogP contribution is -2.48. The largest absolute Gasteiger partial charge is 0.462 e. The molecule has 2 atom stereocenters. The van der Waals surface area contributed by atoms with Crippen molar-refractivity contribution in [3.05, 3.63) is 64.8 Å². The molecule has 0 spiro atoms. The van der Waals surface area contributed by atoms with Crippen molar-refractivity contribution in [1.29, 1.82) is 0 Å². The number of hydrogen-bond donors (Lipinski definition) is 3. The van der Waals surface area contributed by atoms with Gasteiger partial charge in [-0.15, -0.1) is 0 Å². The number of hydrogen-bond acceptors (Lipinski definition) is 6. The Morgan fingerprint density at radius 3 is 2.84 bits per heavy atom. The number of aliphatic hydroxyl groups is 1. The van der Waals surface area contributed by atoms with Crippen LogP contribution in [0.1, 0.15) is 38.4 Å². The van der Waals surface area contributed by atoms with Gasteiger partial charge in [-0.3, -0.25) is 9.59 Å². The molecular weight excluding hydrogens is 405 g/mol. The second-order valence-electron chi connectivity index (χ2n) is 7.38. The lowest BCUT2D eigenvalue weighted by molar-refractivity contribution is -0.0261. The first-order valence-electron chi connectivity index (χ1n) is 9.90. The third-order valence-corrected chi connectivity index (χ3v) is 5.26. The fourth-order valence-electron chi connectivity index (χ4n) is 3.61. The summed E-state index contributed by atoms with van der Waals surface area (Å²) in [5, 5.41) is 15.2. The summed E-state index contributed by atoms with van der Waals surface area (Å²) >= 11 is 0. The van der Waals surface area contributed by atoms with Gasteiger partial charge in [-0.25, -0.2) is 9.37 Å². The van der Waals surface area contributed by atoms with Gasteiger partial charge in [0.1, 0.15) is 17.0 Å². The second-order valence-corrected chi connectivity index (χ2v) is 7.38. The van der Waals surface area contributed by atoms with Gasteiger partial charge < -0.3 is 24.9 Å². The third kappa shape index (κ3) is 4.42. The van der Waals surface area contributed by atoms with Crippen LogP contribution in [0.15, 0.2) is 41.0 Å². The van der Waals surface area contributed by atoms with E-state index in [9.17, 15) is 19.1 Å². The minimum absolute atomic E-state index is 0.0424. The lowest BCUT2D eigenvalue weighted by atomic mass is 10.0. The van der Waals surface area contributed by atoms with Crippen molar-refractivity contribution in [3.8, 4) is 0 Å². The Labute approximate surface area is 177 Å². The van der Waals surface area contributed by atoms with Crippen LogP contribution in [0.5, 0.6) is 0 Å². The number of carbonyl (C=O) groups excluding carboxylic acids is 2. The Hall–Kier alpha value is -3.30. The van der Waals surface area contributed by atoms with Gasteiger partial charge in [0.15, 0.2) is 5.58 Å². The number of carbonyl (C=O) groups is 2. The average molecular weight is 427 g/mol. The van der Waals surface area contributed by atoms with Gasteiger partial charge in [-0.2, -0.15) is 0 Å². The van der Waals surface area contributed by atoms with E-state index in [2.05, 4.69) is 15.6 Å². The maximum atomic E-state index is 14.4. The van der Waals surface area contributed by atoms with Crippen LogP contribution in [0.2, 0.25) is 0 Å². The molecule has 162 valence electrons. The van der Waals surface area contributed by atoms with Crippen LogP contribution in [-0.4, -0.2) is 54.3 Å². The van der Waals surface area contributed by atoms with Crippen LogP contribution in [-0.2, 0) is 11.2 Å². The first-order chi connectivity index (χ1) is 15.0. The van der Waals surface area contributed by atoms with Gasteiger partial charge in [0, 0.05) is 31.7 Å². The van der Waals surface area contributed by atoms with Crippen LogP contribution >= 0.6 is 0 Å². The molecule has 8 nitrogen and oxygen atoms in total. The van der Waals surface area contributed by atoms with Crippen molar-refractivity contribution in [3.63, 3.8) is 0 Å². The first kappa shape index (κ1) is 21.0. The van der Waals surface area contributed by atoms with E-state index in [0.29, 0.717) is 35.3 Å². The molecule has 2 aromatic heterocycles. The van der Waals surface area contributed by atoms with Gasteiger partial charge in [-0.05, 0) is 30.2 Å². The summed E-state index contributed by atoms with van der Waals surface area (Å²) in [5.74, 6) is -1.56. The number of fused-ring (bicyclic) bond motifs is 1. The summed E-state index contributed by atoms with van der Waals surface area (Å²) in [6.07, 6.45) is 1.47. The minimum Gasteiger partial charge on any atom is -0.462 e. The molecule has 0 bridgehead atoms. The van der Waals surface area contributed by atoms with E-state index < -0.39 is 29.8 Å². The van der Waals surface area contributed by atoms with Gasteiger partial charge in [-0.1, -0.05) is 6.07 Å². The Morgan fingerprint density at radius 1 is 1.26 bits per heavy atom. The summed E-state index contributed by atoms with van der Waals surface area (Å²) in [5.41, 5.74) is 2.39. The number of nitrogens with zero attached hydrogens (tertiary/aromatic N) is 1. The van der Waals surface area contributed by atoms with Crippen LogP contribution in [0, 0.1) is 5.82 Å². The molecule has 1 aromatic carbocycles. The standard InChI is InChI=1S/C22H22FN3O5/c1-24-21(28)14-3-2-12(9-15(14)23)8-13-10-18(25-17-5-7-31-20(13)17)22(29)26-16-4-6-30-11-19(16)27/h2-3,5,7,9-10,16,19,27H,4,6,8,11H2,1H3,(H,24,28)(H,26,29)/t16-,19-/m0/s1. The molecule has 0 radical (unpaired) electrons. The van der Waals surface area contributed by atoms with Crippen molar-refractivity contribution in [1.82, 2.24) is 15.6 Å². The van der Waals surface area contributed by atoms with Crippen molar-refractivity contribution in [2.45, 2.75) is 25.0 Å². The normalized spacial score (nSPS) is 18.7. The molecule has 1 fully saturated rings. The summed E-state index contributed by atoms with van der Waals surface area (Å²) in [7, 11) is 1.44. The number of halogens is 1. The van der Waals surface area contributed by atoms with Crippen molar-refractivity contribution in [2.24, 2.45) is 0 Å². The van der Waals surface area contributed by atoms with Crippen LogP contribution < -0.4 is 10.6 Å². The molecular formula is C22H22FN3O5. The molecule has 0 unspecified atom stereocenters. The van der Waals surface area contributed by atoms with Gasteiger partial charge in [0.25, 0.3) is 11.8 Å². The molecule has 1 saturated heterocycles. The topological polar surface area (TPSA) is 114 Å². The fraction of sp³-hybridized carbons (Fsp3) is 0.318. The molecule has 3 N–H and O–H groups in total. The monoisotopic (exact) mass is 427 g/mol. The molecule has 9 heteroatoms. The summed E-state index contributed by atoms with van der Waals surface area (Å²) in [6.45, 7) is 0.626. The number of amides is 2. The number of furan rings is 1. The van der Waals surface area contributed by atoms with E-state index in [4.69, 9.17) is 9.15 Å². The number of pyridine rings is 1. The molecule has 4 rings (SSSR count). The van der Waals surface area contributed by atoms with Crippen LogP contribution in [0.4, 0.5) is 4.39 Å². The average Bonchev–Trinajstić information content (AvgIpc) is 3.24. The molecule has 3 heterocycles. The third-order valence-electron chi connectivity index (χ3n) is 5.26. The van der Waals surface area contributed by atoms with Crippen LogP contribution in [0.3, 0.4) is 0 Å². The molecule has 3 aromatic rings. The van der Waals surface area contributed by atoms with Gasteiger partial charge >= 0.3 is 0 Å². The highest BCUT2D eigenvalue weighted by molar-refractivity contribution is 5.95. The number of aromatic nitrogens is 1. The van der Waals surface area contributed by atoms with E-state index in [0.717, 1.165) is 0 Å². The van der Waals surface area contributed by atoms with E-state index in [1.54, 1.807) is 18.2 Å². The fourth-order valence-corrected chi connectivity index (χ4v) is 3.61. The number of ether oxygens (including phenoxy) is 1. The van der Waals surface area contributed by atoms with E-state index in [1.165, 1.54) is 25.4 Å². The summed E-state index contributed by atoms with van der Waals surface area (Å²) < 4.78 is 25.1. The zero-order valence-electron chi connectivity index (χ0n) is 16.9. The molecule has 0 saturated carbocycles. The van der Waals surface area contributed by atoms with Crippen LogP contribution in [0.25, 0.3) is 11.1 Å². The van der Waals surface area contributed by atoms with Gasteiger partial charge in [0.2, 0.25) is 0 Å². The Bertz CT molecular complexity index is 1130. The summed E-state index contributed by atoms with van der Waals surface area (Å²) in [4.78, 5) is 28.8. The second kappa shape index (κ2) is 8.83. The van der Waals surface area contributed by atoms with Gasteiger partial charge in [0.05, 0.1) is 30.6 Å². The zero-order chi connectivity index (χ0) is 22.0. The highest BCUT2D eigenvalue weighted by atomic mass is 19.1. The van der Waals surface area contributed by atoms with Crippen molar-refractivity contribution < 1.29 is 28.2 Å². The van der Waals surface area contributed by atoms with E-state index in [1.807, 2.05) is 0 Å². The van der Waals surface area contributed by atoms with Crippen molar-refractivity contribution >= 4 is 22.9 Å². The number of benzene rings is 1. The highest BCUT2D eigenvalue weighted by Crippen LogP contribution is 2.24. The Morgan fingerprint density at radius 2 is 2.10 bits per heavy atom. The number of rotatable bonds is 5. The molecule has 1 aliphatic heterocycles. The highest BCUT2D eigenvalue weighted by Gasteiger charge is 2.26. The van der Waals surface area contributed by atoms with E-state index in [-0.39, 0.29) is 24.3 Å². The molecule has 1 aliphatic rings. The first-order valence-corrected chi connectivity index (χ1v) is 9.90. The lowest BCUT2D eigenvalue weighted by Gasteiger charge is -2.28.